The van der Waals surface area contributed by atoms with Gasteiger partial charge < -0.3 is 5.32 Å². The molecule has 1 heteroatoms. The topological polar surface area (TPSA) is 12.0 Å². The molecule has 0 heterocycles. The second-order valence-corrected chi connectivity index (χ2v) is 6.18. The second-order valence-electron chi connectivity index (χ2n) is 6.18. The highest BCUT2D eigenvalue weighted by molar-refractivity contribution is 5.63. The molecule has 0 atom stereocenters. The van der Waals surface area contributed by atoms with E-state index in [1.807, 2.05) is 0 Å². The fourth-order valence-electron chi connectivity index (χ4n) is 3.09. The maximum Gasteiger partial charge on any atom is 0.0210 e. The van der Waals surface area contributed by atoms with Gasteiger partial charge >= 0.3 is 0 Å². The molecule has 1 nitrogen and oxygen atoms in total. The van der Waals surface area contributed by atoms with Gasteiger partial charge in [0.1, 0.15) is 0 Å². The molecule has 20 heavy (non-hydrogen) atoms. The molecule has 0 radical (unpaired) electrons. The minimum atomic E-state index is 0.359. The molecule has 0 amide bonds. The molecule has 0 saturated heterocycles. The summed E-state index contributed by atoms with van der Waals surface area (Å²) < 4.78 is 0. The summed E-state index contributed by atoms with van der Waals surface area (Å²) in [5.74, 6) is 0. The predicted molar refractivity (Wildman–Crippen MR) is 85.6 cm³/mol. The van der Waals surface area contributed by atoms with Crippen molar-refractivity contribution in [3.63, 3.8) is 0 Å². The second kappa shape index (κ2) is 5.80. The SMILES string of the molecule is CC1(NCc2ccc(-c3ccccc3)cc2)CCCC1. The summed E-state index contributed by atoms with van der Waals surface area (Å²) in [6.45, 7) is 3.34. The monoisotopic (exact) mass is 265 g/mol. The van der Waals surface area contributed by atoms with Gasteiger partial charge in [-0.15, -0.1) is 0 Å². The summed E-state index contributed by atoms with van der Waals surface area (Å²) in [5.41, 5.74) is 4.31. The average Bonchev–Trinajstić information content (AvgIpc) is 2.94. The summed E-state index contributed by atoms with van der Waals surface area (Å²) in [6.07, 6.45) is 5.37. The van der Waals surface area contributed by atoms with Gasteiger partial charge in [0.15, 0.2) is 0 Å². The molecule has 0 bridgehead atoms. The van der Waals surface area contributed by atoms with E-state index in [4.69, 9.17) is 0 Å². The zero-order chi connectivity index (χ0) is 13.8. The summed E-state index contributed by atoms with van der Waals surface area (Å²) in [5, 5.41) is 3.73. The molecule has 2 aromatic carbocycles. The highest BCUT2D eigenvalue weighted by atomic mass is 15.0. The van der Waals surface area contributed by atoms with Crippen LogP contribution in [0.15, 0.2) is 54.6 Å². The van der Waals surface area contributed by atoms with Crippen molar-refractivity contribution in [1.82, 2.24) is 5.32 Å². The summed E-state index contributed by atoms with van der Waals surface area (Å²) in [6, 6.07) is 19.5. The minimum Gasteiger partial charge on any atom is -0.307 e. The quantitative estimate of drug-likeness (QED) is 0.839. The molecule has 104 valence electrons. The van der Waals surface area contributed by atoms with Crippen LogP contribution in [0.25, 0.3) is 11.1 Å². The van der Waals surface area contributed by atoms with E-state index in [1.165, 1.54) is 42.4 Å². The van der Waals surface area contributed by atoms with E-state index in [9.17, 15) is 0 Å². The Morgan fingerprint density at radius 1 is 0.850 bits per heavy atom. The van der Waals surface area contributed by atoms with Crippen molar-refractivity contribution in [2.45, 2.75) is 44.7 Å². The van der Waals surface area contributed by atoms with Crippen LogP contribution in [0, 0.1) is 0 Å². The van der Waals surface area contributed by atoms with Gasteiger partial charge in [-0.1, -0.05) is 67.4 Å². The Kier molecular flexibility index (Phi) is 3.88. The highest BCUT2D eigenvalue weighted by Gasteiger charge is 2.27. The largest absolute Gasteiger partial charge is 0.307 e. The minimum absolute atomic E-state index is 0.359. The van der Waals surface area contributed by atoms with E-state index in [0.29, 0.717) is 5.54 Å². The van der Waals surface area contributed by atoms with Gasteiger partial charge in [0.05, 0.1) is 0 Å². The first kappa shape index (κ1) is 13.4. The number of hydrogen-bond acceptors (Lipinski definition) is 1. The lowest BCUT2D eigenvalue weighted by Crippen LogP contribution is -2.38. The van der Waals surface area contributed by atoms with Gasteiger partial charge in [-0.3, -0.25) is 0 Å². The smallest absolute Gasteiger partial charge is 0.0210 e. The molecule has 0 unspecified atom stereocenters. The van der Waals surface area contributed by atoms with Gasteiger partial charge in [-0.2, -0.15) is 0 Å². The third kappa shape index (κ3) is 3.10. The molecular weight excluding hydrogens is 242 g/mol. The van der Waals surface area contributed by atoms with E-state index in [0.717, 1.165) is 6.54 Å². The molecule has 1 N–H and O–H groups in total. The molecule has 0 aromatic heterocycles. The van der Waals surface area contributed by atoms with Crippen LogP contribution < -0.4 is 5.32 Å². The van der Waals surface area contributed by atoms with Gasteiger partial charge in [0.2, 0.25) is 0 Å². The standard InChI is InChI=1S/C19H23N/c1-19(13-5-6-14-19)20-15-16-9-11-18(12-10-16)17-7-3-2-4-8-17/h2-4,7-12,20H,5-6,13-15H2,1H3. The molecule has 0 spiro atoms. The van der Waals surface area contributed by atoms with Crippen molar-refractivity contribution in [1.29, 1.82) is 0 Å². The van der Waals surface area contributed by atoms with Crippen LogP contribution in [0.5, 0.6) is 0 Å². The van der Waals surface area contributed by atoms with Crippen LogP contribution in [0.3, 0.4) is 0 Å². The van der Waals surface area contributed by atoms with Crippen LogP contribution in [0.4, 0.5) is 0 Å². The number of benzene rings is 2. The maximum atomic E-state index is 3.73. The van der Waals surface area contributed by atoms with E-state index < -0.39 is 0 Å². The van der Waals surface area contributed by atoms with Crippen molar-refractivity contribution < 1.29 is 0 Å². The Morgan fingerprint density at radius 3 is 2.10 bits per heavy atom. The first-order valence-electron chi connectivity index (χ1n) is 7.65. The molecular formula is C19H23N. The van der Waals surface area contributed by atoms with Crippen LogP contribution in [0.1, 0.15) is 38.2 Å². The van der Waals surface area contributed by atoms with Crippen molar-refractivity contribution in [2.75, 3.05) is 0 Å². The van der Waals surface area contributed by atoms with Crippen LogP contribution >= 0.6 is 0 Å². The van der Waals surface area contributed by atoms with Gasteiger partial charge in [0.25, 0.3) is 0 Å². The van der Waals surface area contributed by atoms with Crippen molar-refractivity contribution in [3.05, 3.63) is 60.2 Å². The fourth-order valence-corrected chi connectivity index (χ4v) is 3.09. The van der Waals surface area contributed by atoms with Gasteiger partial charge in [-0.25, -0.2) is 0 Å². The molecule has 1 saturated carbocycles. The normalized spacial score (nSPS) is 17.2. The Bertz CT molecular complexity index is 536. The summed E-state index contributed by atoms with van der Waals surface area (Å²) in [4.78, 5) is 0. The van der Waals surface area contributed by atoms with E-state index in [-0.39, 0.29) is 0 Å². The third-order valence-corrected chi connectivity index (χ3v) is 4.49. The fraction of sp³-hybridized carbons (Fsp3) is 0.368. The Labute approximate surface area is 122 Å². The zero-order valence-electron chi connectivity index (χ0n) is 12.2. The molecule has 0 aliphatic heterocycles. The number of nitrogens with one attached hydrogen (secondary N) is 1. The zero-order valence-corrected chi connectivity index (χ0v) is 12.2. The van der Waals surface area contributed by atoms with Crippen LogP contribution in [0.2, 0.25) is 0 Å². The first-order chi connectivity index (χ1) is 9.75. The van der Waals surface area contributed by atoms with Gasteiger partial charge in [0, 0.05) is 12.1 Å². The predicted octanol–water partition coefficient (Wildman–Crippen LogP) is 4.78. The highest BCUT2D eigenvalue weighted by Crippen LogP contribution is 2.29. The molecule has 1 aliphatic rings. The lowest BCUT2D eigenvalue weighted by atomic mass is 9.99. The first-order valence-corrected chi connectivity index (χ1v) is 7.65. The van der Waals surface area contributed by atoms with Gasteiger partial charge in [-0.05, 0) is 36.5 Å². The summed E-state index contributed by atoms with van der Waals surface area (Å²) in [7, 11) is 0. The van der Waals surface area contributed by atoms with Crippen molar-refractivity contribution >= 4 is 0 Å². The third-order valence-electron chi connectivity index (χ3n) is 4.49. The van der Waals surface area contributed by atoms with Crippen molar-refractivity contribution in [3.8, 4) is 11.1 Å². The number of rotatable bonds is 4. The average molecular weight is 265 g/mol. The Hall–Kier alpha value is -1.60. The van der Waals surface area contributed by atoms with Crippen LogP contribution in [-0.2, 0) is 6.54 Å². The Morgan fingerprint density at radius 2 is 1.45 bits per heavy atom. The van der Waals surface area contributed by atoms with Crippen LogP contribution in [-0.4, -0.2) is 5.54 Å². The van der Waals surface area contributed by atoms with E-state index in [2.05, 4.69) is 66.8 Å². The van der Waals surface area contributed by atoms with E-state index >= 15 is 0 Å². The molecule has 1 aliphatic carbocycles. The molecule has 2 aromatic rings. The lowest BCUT2D eigenvalue weighted by Gasteiger charge is -2.25. The van der Waals surface area contributed by atoms with Crippen molar-refractivity contribution in [2.24, 2.45) is 0 Å². The molecule has 1 fully saturated rings. The number of hydrogen-bond donors (Lipinski definition) is 1. The summed E-state index contributed by atoms with van der Waals surface area (Å²) >= 11 is 0. The maximum absolute atomic E-state index is 3.73. The lowest BCUT2D eigenvalue weighted by molar-refractivity contribution is 0.363. The molecule has 3 rings (SSSR count). The van der Waals surface area contributed by atoms with E-state index in [1.54, 1.807) is 0 Å². The Balaban J connectivity index is 1.64.